The summed E-state index contributed by atoms with van der Waals surface area (Å²) >= 11 is 0. The molecule has 2 N–H and O–H groups in total. The number of nitrogens with one attached hydrogen (secondary N) is 2. The topological polar surface area (TPSA) is 63.5 Å². The lowest BCUT2D eigenvalue weighted by molar-refractivity contribution is -0.118. The van der Waals surface area contributed by atoms with Crippen molar-refractivity contribution in [2.75, 3.05) is 11.9 Å². The summed E-state index contributed by atoms with van der Waals surface area (Å²) in [6.45, 7) is 3.16. The van der Waals surface area contributed by atoms with Gasteiger partial charge in [-0.1, -0.05) is 48.0 Å². The fourth-order valence-electron chi connectivity index (χ4n) is 3.33. The van der Waals surface area contributed by atoms with Crippen molar-refractivity contribution in [2.24, 2.45) is 0 Å². The molecule has 0 aliphatic rings. The lowest BCUT2D eigenvalue weighted by atomic mass is 10.0. The first-order valence-corrected chi connectivity index (χ1v) is 9.92. The number of hydrogen-bond acceptors (Lipinski definition) is 4. The van der Waals surface area contributed by atoms with E-state index in [9.17, 15) is 4.79 Å². The Bertz CT molecular complexity index is 1120. The highest BCUT2D eigenvalue weighted by molar-refractivity contribution is 5.92. The minimum absolute atomic E-state index is 0.0581. The molecule has 1 aromatic heterocycles. The van der Waals surface area contributed by atoms with E-state index in [1.54, 1.807) is 6.26 Å². The van der Waals surface area contributed by atoms with Crippen LogP contribution < -0.4 is 15.4 Å². The summed E-state index contributed by atoms with van der Waals surface area (Å²) in [7, 11) is 0. The SMILES string of the molecule is Cc1ccc(NC(=O)COc2ccc3ccccc3c2CNCc2ccco2)cc1. The zero-order valence-electron chi connectivity index (χ0n) is 16.9. The van der Waals surface area contributed by atoms with Crippen LogP contribution in [0.1, 0.15) is 16.9 Å². The zero-order valence-corrected chi connectivity index (χ0v) is 16.9. The van der Waals surface area contributed by atoms with Gasteiger partial charge in [0.25, 0.3) is 5.91 Å². The quantitative estimate of drug-likeness (QED) is 0.434. The summed E-state index contributed by atoms with van der Waals surface area (Å²) in [4.78, 5) is 12.4. The van der Waals surface area contributed by atoms with Crippen molar-refractivity contribution in [3.8, 4) is 5.75 Å². The van der Waals surface area contributed by atoms with Gasteiger partial charge in [0, 0.05) is 17.8 Å². The normalized spacial score (nSPS) is 10.8. The van der Waals surface area contributed by atoms with Crippen molar-refractivity contribution in [1.29, 1.82) is 0 Å². The average Bonchev–Trinajstić information content (AvgIpc) is 3.28. The van der Waals surface area contributed by atoms with Crippen LogP contribution in [0.4, 0.5) is 5.69 Å². The molecule has 0 saturated heterocycles. The van der Waals surface area contributed by atoms with Crippen LogP contribution in [0.25, 0.3) is 10.8 Å². The molecule has 0 radical (unpaired) electrons. The Kier molecular flexibility index (Phi) is 6.11. The van der Waals surface area contributed by atoms with Gasteiger partial charge in [0.2, 0.25) is 0 Å². The molecule has 0 fully saturated rings. The standard InChI is InChI=1S/C25H24N2O3/c1-18-8-11-20(12-9-18)27-25(28)17-30-24-13-10-19-5-2-3-7-22(19)23(24)16-26-15-21-6-4-14-29-21/h2-14,26H,15-17H2,1H3,(H,27,28). The first-order valence-electron chi connectivity index (χ1n) is 9.92. The molecule has 0 saturated carbocycles. The molecule has 5 heteroatoms. The monoisotopic (exact) mass is 400 g/mol. The van der Waals surface area contributed by atoms with E-state index < -0.39 is 0 Å². The third-order valence-corrected chi connectivity index (χ3v) is 4.87. The Labute approximate surface area is 175 Å². The first-order chi connectivity index (χ1) is 14.7. The van der Waals surface area contributed by atoms with Crippen LogP contribution in [-0.4, -0.2) is 12.5 Å². The van der Waals surface area contributed by atoms with E-state index in [0.717, 1.165) is 33.3 Å². The maximum Gasteiger partial charge on any atom is 0.262 e. The van der Waals surface area contributed by atoms with Gasteiger partial charge < -0.3 is 19.8 Å². The van der Waals surface area contributed by atoms with Crippen LogP contribution in [0.2, 0.25) is 0 Å². The predicted octanol–water partition coefficient (Wildman–Crippen LogP) is 5.05. The number of amides is 1. The van der Waals surface area contributed by atoms with E-state index >= 15 is 0 Å². The van der Waals surface area contributed by atoms with E-state index in [0.29, 0.717) is 18.8 Å². The minimum Gasteiger partial charge on any atom is -0.483 e. The van der Waals surface area contributed by atoms with Crippen LogP contribution in [0.5, 0.6) is 5.75 Å². The summed E-state index contributed by atoms with van der Waals surface area (Å²) < 4.78 is 11.3. The van der Waals surface area contributed by atoms with Crippen molar-refractivity contribution in [2.45, 2.75) is 20.0 Å². The van der Waals surface area contributed by atoms with E-state index in [2.05, 4.69) is 22.8 Å². The second-order valence-electron chi connectivity index (χ2n) is 7.15. The van der Waals surface area contributed by atoms with E-state index in [1.165, 1.54) is 0 Å². The van der Waals surface area contributed by atoms with Gasteiger partial charge in [-0.3, -0.25) is 4.79 Å². The number of hydrogen-bond donors (Lipinski definition) is 2. The molecule has 1 amide bonds. The van der Waals surface area contributed by atoms with Crippen molar-refractivity contribution < 1.29 is 13.9 Å². The van der Waals surface area contributed by atoms with Crippen LogP contribution in [0, 0.1) is 6.92 Å². The molecule has 0 aliphatic heterocycles. The van der Waals surface area contributed by atoms with E-state index in [-0.39, 0.29) is 12.5 Å². The molecule has 4 rings (SSSR count). The zero-order chi connectivity index (χ0) is 20.8. The van der Waals surface area contributed by atoms with Crippen molar-refractivity contribution in [3.05, 3.63) is 95.9 Å². The van der Waals surface area contributed by atoms with Gasteiger partial charge in [-0.25, -0.2) is 0 Å². The fourth-order valence-corrected chi connectivity index (χ4v) is 3.33. The Morgan fingerprint density at radius 1 is 0.933 bits per heavy atom. The van der Waals surface area contributed by atoms with Gasteiger partial charge in [-0.15, -0.1) is 0 Å². The van der Waals surface area contributed by atoms with Crippen molar-refractivity contribution >= 4 is 22.4 Å². The van der Waals surface area contributed by atoms with Crippen molar-refractivity contribution in [1.82, 2.24) is 5.32 Å². The van der Waals surface area contributed by atoms with E-state index in [4.69, 9.17) is 9.15 Å². The highest BCUT2D eigenvalue weighted by atomic mass is 16.5. The van der Waals surface area contributed by atoms with Gasteiger partial charge in [-0.2, -0.15) is 0 Å². The second-order valence-corrected chi connectivity index (χ2v) is 7.15. The average molecular weight is 400 g/mol. The highest BCUT2D eigenvalue weighted by Gasteiger charge is 2.11. The molecule has 0 aliphatic carbocycles. The highest BCUT2D eigenvalue weighted by Crippen LogP contribution is 2.28. The minimum atomic E-state index is -0.193. The number of carbonyl (C=O) groups is 1. The third-order valence-electron chi connectivity index (χ3n) is 4.87. The summed E-state index contributed by atoms with van der Waals surface area (Å²) in [6, 6.07) is 23.6. The molecular formula is C25H24N2O3. The second kappa shape index (κ2) is 9.29. The number of rotatable bonds is 8. The summed E-state index contributed by atoms with van der Waals surface area (Å²) in [5.41, 5.74) is 2.92. The predicted molar refractivity (Wildman–Crippen MR) is 119 cm³/mol. The van der Waals surface area contributed by atoms with Gasteiger partial charge >= 0.3 is 0 Å². The maximum atomic E-state index is 12.4. The molecule has 0 atom stereocenters. The van der Waals surface area contributed by atoms with Gasteiger partial charge in [0.15, 0.2) is 6.61 Å². The molecule has 3 aromatic carbocycles. The lowest BCUT2D eigenvalue weighted by Crippen LogP contribution is -2.21. The molecule has 1 heterocycles. The number of fused-ring (bicyclic) bond motifs is 1. The van der Waals surface area contributed by atoms with Crippen molar-refractivity contribution in [3.63, 3.8) is 0 Å². The van der Waals surface area contributed by atoms with Crippen LogP contribution in [0.3, 0.4) is 0 Å². The van der Waals surface area contributed by atoms with Gasteiger partial charge in [-0.05, 0) is 48.0 Å². The molecule has 0 spiro atoms. The van der Waals surface area contributed by atoms with E-state index in [1.807, 2.05) is 67.6 Å². The maximum absolute atomic E-state index is 12.4. The number of aryl methyl sites for hydroxylation is 1. The number of benzene rings is 3. The van der Waals surface area contributed by atoms with Gasteiger partial charge in [0.05, 0.1) is 12.8 Å². The Balaban J connectivity index is 1.46. The number of carbonyl (C=O) groups excluding carboxylic acids is 1. The van der Waals surface area contributed by atoms with Crippen LogP contribution in [0.15, 0.2) is 83.5 Å². The third kappa shape index (κ3) is 4.88. The molecule has 0 unspecified atom stereocenters. The van der Waals surface area contributed by atoms with Crippen LogP contribution >= 0.6 is 0 Å². The Hall–Kier alpha value is -3.57. The molecule has 0 bridgehead atoms. The molecule has 4 aromatic rings. The van der Waals surface area contributed by atoms with Crippen LogP contribution in [-0.2, 0) is 17.9 Å². The lowest BCUT2D eigenvalue weighted by Gasteiger charge is -2.15. The largest absolute Gasteiger partial charge is 0.483 e. The Morgan fingerprint density at radius 2 is 1.77 bits per heavy atom. The Morgan fingerprint density at radius 3 is 2.57 bits per heavy atom. The molecule has 30 heavy (non-hydrogen) atoms. The van der Waals surface area contributed by atoms with Gasteiger partial charge in [0.1, 0.15) is 11.5 Å². The number of anilines is 1. The number of furan rings is 1. The first kappa shape index (κ1) is 19.7. The summed E-state index contributed by atoms with van der Waals surface area (Å²) in [5.74, 6) is 1.37. The summed E-state index contributed by atoms with van der Waals surface area (Å²) in [5, 5.41) is 8.49. The number of ether oxygens (including phenoxy) is 1. The molecular weight excluding hydrogens is 376 g/mol. The summed E-state index contributed by atoms with van der Waals surface area (Å²) in [6.07, 6.45) is 1.66. The smallest absolute Gasteiger partial charge is 0.262 e. The molecule has 152 valence electrons. The fraction of sp³-hybridized carbons (Fsp3) is 0.160. The molecule has 5 nitrogen and oxygen atoms in total.